The molecule has 0 spiro atoms. The van der Waals surface area contributed by atoms with E-state index < -0.39 is 0 Å². The van der Waals surface area contributed by atoms with Crippen LogP contribution in [0, 0.1) is 0 Å². The molecule has 13 heavy (non-hydrogen) atoms. The number of aliphatic hydroxyl groups is 1. The summed E-state index contributed by atoms with van der Waals surface area (Å²) in [7, 11) is 1.75. The third kappa shape index (κ3) is 2.11. The van der Waals surface area contributed by atoms with Crippen LogP contribution in [0.2, 0.25) is 0 Å². The van der Waals surface area contributed by atoms with Gasteiger partial charge in [-0.2, -0.15) is 0 Å². The van der Waals surface area contributed by atoms with Gasteiger partial charge in [0, 0.05) is 0 Å². The summed E-state index contributed by atoms with van der Waals surface area (Å²) in [5.74, 6) is 0.0662. The number of rotatable bonds is 3. The summed E-state index contributed by atoms with van der Waals surface area (Å²) in [4.78, 5) is 0. The molecule has 0 aliphatic carbocycles. The first-order chi connectivity index (χ1) is 6.19. The number of phenolic OH excluding ortho intramolecular Hbond substituents is 1. The Balaban J connectivity index is 2.95. The zero-order chi connectivity index (χ0) is 9.84. The zero-order valence-corrected chi connectivity index (χ0v) is 7.49. The van der Waals surface area contributed by atoms with Gasteiger partial charge in [-0.05, 0) is 24.7 Å². The van der Waals surface area contributed by atoms with Crippen LogP contribution in [0.5, 0.6) is 5.75 Å². The molecule has 0 aliphatic heterocycles. The lowest BCUT2D eigenvalue weighted by atomic mass is 10.1. The first-order valence-corrected chi connectivity index (χ1v) is 4.05. The molecule has 1 aromatic rings. The molecule has 5 N–H and O–H groups in total. The lowest BCUT2D eigenvalue weighted by Crippen LogP contribution is -2.19. The fraction of sp³-hybridized carbons (Fsp3) is 0.333. The maximum atomic E-state index is 9.16. The molecule has 4 heteroatoms. The van der Waals surface area contributed by atoms with Crippen LogP contribution in [0.1, 0.15) is 11.6 Å². The highest BCUT2D eigenvalue weighted by atomic mass is 16.3. The molecule has 4 nitrogen and oxygen atoms in total. The van der Waals surface area contributed by atoms with Crippen LogP contribution in [-0.4, -0.2) is 23.9 Å². The van der Waals surface area contributed by atoms with Crippen molar-refractivity contribution >= 4 is 5.69 Å². The van der Waals surface area contributed by atoms with Crippen molar-refractivity contribution in [2.24, 2.45) is 0 Å². The number of likely N-dealkylation sites (N-methyl/N-ethyl adjacent to an activating group) is 1. The van der Waals surface area contributed by atoms with Crippen molar-refractivity contribution in [2.75, 3.05) is 19.4 Å². The molecule has 72 valence electrons. The summed E-state index contributed by atoms with van der Waals surface area (Å²) in [6.07, 6.45) is 0. The van der Waals surface area contributed by atoms with E-state index in [9.17, 15) is 0 Å². The second kappa shape index (κ2) is 4.11. The number of anilines is 1. The van der Waals surface area contributed by atoms with Crippen molar-refractivity contribution < 1.29 is 10.2 Å². The Kier molecular flexibility index (Phi) is 3.11. The number of hydrogen-bond acceptors (Lipinski definition) is 4. The molecule has 0 saturated carbocycles. The van der Waals surface area contributed by atoms with E-state index in [-0.39, 0.29) is 18.4 Å². The van der Waals surface area contributed by atoms with Crippen molar-refractivity contribution in [3.05, 3.63) is 23.8 Å². The van der Waals surface area contributed by atoms with Crippen LogP contribution in [0.3, 0.4) is 0 Å². The lowest BCUT2D eigenvalue weighted by molar-refractivity contribution is 0.251. The van der Waals surface area contributed by atoms with E-state index in [1.807, 2.05) is 0 Å². The average Bonchev–Trinajstić information content (AvgIpc) is 2.13. The fourth-order valence-corrected chi connectivity index (χ4v) is 1.15. The summed E-state index contributed by atoms with van der Waals surface area (Å²) in [6, 6.07) is 4.75. The van der Waals surface area contributed by atoms with Crippen molar-refractivity contribution in [3.8, 4) is 5.75 Å². The predicted octanol–water partition coefficient (Wildman–Crippen LogP) is 0.227. The highest BCUT2D eigenvalue weighted by Gasteiger charge is 2.08. The lowest BCUT2D eigenvalue weighted by Gasteiger charge is -2.14. The maximum absolute atomic E-state index is 9.16. The SMILES string of the molecule is CNC(CO)c1ccc(O)c(N)c1. The number of aromatic hydroxyl groups is 1. The first-order valence-electron chi connectivity index (χ1n) is 4.05. The third-order valence-corrected chi connectivity index (χ3v) is 1.98. The monoisotopic (exact) mass is 182 g/mol. The van der Waals surface area contributed by atoms with Crippen molar-refractivity contribution in [1.29, 1.82) is 0 Å². The van der Waals surface area contributed by atoms with Crippen LogP contribution in [0.4, 0.5) is 5.69 Å². The van der Waals surface area contributed by atoms with Crippen LogP contribution in [-0.2, 0) is 0 Å². The standard InChI is InChI=1S/C9H14N2O2/c1-11-8(5-12)6-2-3-9(13)7(10)4-6/h2-4,8,11-13H,5,10H2,1H3. The van der Waals surface area contributed by atoms with Gasteiger partial charge in [-0.3, -0.25) is 0 Å². The van der Waals surface area contributed by atoms with Gasteiger partial charge < -0.3 is 21.3 Å². The molecular weight excluding hydrogens is 168 g/mol. The Morgan fingerprint density at radius 1 is 1.54 bits per heavy atom. The number of nitrogen functional groups attached to an aromatic ring is 1. The highest BCUT2D eigenvalue weighted by Crippen LogP contribution is 2.23. The van der Waals surface area contributed by atoms with Gasteiger partial charge in [0.25, 0.3) is 0 Å². The predicted molar refractivity (Wildman–Crippen MR) is 51.4 cm³/mol. The van der Waals surface area contributed by atoms with Gasteiger partial charge in [-0.25, -0.2) is 0 Å². The molecule has 0 saturated heterocycles. The molecule has 0 radical (unpaired) electrons. The summed E-state index contributed by atoms with van der Waals surface area (Å²) in [5, 5.41) is 21.1. The summed E-state index contributed by atoms with van der Waals surface area (Å²) in [6.45, 7) is 0.000710. The van der Waals surface area contributed by atoms with Crippen LogP contribution < -0.4 is 11.1 Å². The van der Waals surface area contributed by atoms with Gasteiger partial charge in [0.1, 0.15) is 5.75 Å². The molecule has 1 aromatic carbocycles. The molecule has 0 aromatic heterocycles. The summed E-state index contributed by atoms with van der Waals surface area (Å²) >= 11 is 0. The largest absolute Gasteiger partial charge is 0.506 e. The Hall–Kier alpha value is -1.26. The quantitative estimate of drug-likeness (QED) is 0.398. The van der Waals surface area contributed by atoms with Crippen molar-refractivity contribution in [3.63, 3.8) is 0 Å². The van der Waals surface area contributed by atoms with Crippen LogP contribution >= 0.6 is 0 Å². The number of benzene rings is 1. The second-order valence-electron chi connectivity index (χ2n) is 2.84. The number of nitrogens with two attached hydrogens (primary N) is 1. The van der Waals surface area contributed by atoms with Crippen LogP contribution in [0.15, 0.2) is 18.2 Å². The first kappa shape index (κ1) is 9.83. The van der Waals surface area contributed by atoms with E-state index in [0.29, 0.717) is 5.69 Å². The van der Waals surface area contributed by atoms with Crippen molar-refractivity contribution in [2.45, 2.75) is 6.04 Å². The van der Waals surface area contributed by atoms with E-state index in [1.165, 1.54) is 6.07 Å². The molecule has 0 amide bonds. The normalized spacial score (nSPS) is 12.8. The smallest absolute Gasteiger partial charge is 0.138 e. The Morgan fingerprint density at radius 2 is 2.23 bits per heavy atom. The Bertz CT molecular complexity index is 285. The van der Waals surface area contributed by atoms with E-state index in [4.69, 9.17) is 15.9 Å². The molecule has 1 unspecified atom stereocenters. The fourth-order valence-electron chi connectivity index (χ4n) is 1.15. The number of hydrogen-bond donors (Lipinski definition) is 4. The second-order valence-corrected chi connectivity index (χ2v) is 2.84. The third-order valence-electron chi connectivity index (χ3n) is 1.98. The minimum absolute atomic E-state index is 0.000710. The Labute approximate surface area is 77.0 Å². The van der Waals surface area contributed by atoms with Gasteiger partial charge in [-0.15, -0.1) is 0 Å². The molecule has 0 bridgehead atoms. The molecule has 0 aliphatic rings. The van der Waals surface area contributed by atoms with E-state index in [0.717, 1.165) is 5.56 Å². The number of nitrogens with one attached hydrogen (secondary N) is 1. The minimum atomic E-state index is -0.136. The topological polar surface area (TPSA) is 78.5 Å². The summed E-state index contributed by atoms with van der Waals surface area (Å²) in [5.41, 5.74) is 6.70. The van der Waals surface area contributed by atoms with Gasteiger partial charge in [0.2, 0.25) is 0 Å². The number of phenols is 1. The molecular formula is C9H14N2O2. The molecule has 1 atom stereocenters. The molecule has 0 fully saturated rings. The van der Waals surface area contributed by atoms with Crippen LogP contribution in [0.25, 0.3) is 0 Å². The minimum Gasteiger partial charge on any atom is -0.506 e. The maximum Gasteiger partial charge on any atom is 0.138 e. The Morgan fingerprint density at radius 3 is 2.69 bits per heavy atom. The van der Waals surface area contributed by atoms with Gasteiger partial charge in [-0.1, -0.05) is 6.07 Å². The zero-order valence-electron chi connectivity index (χ0n) is 7.49. The van der Waals surface area contributed by atoms with Gasteiger partial charge >= 0.3 is 0 Å². The van der Waals surface area contributed by atoms with Gasteiger partial charge in [0.05, 0.1) is 18.3 Å². The van der Waals surface area contributed by atoms with Gasteiger partial charge in [0.15, 0.2) is 0 Å². The number of aliphatic hydroxyl groups excluding tert-OH is 1. The average molecular weight is 182 g/mol. The highest BCUT2D eigenvalue weighted by molar-refractivity contribution is 5.53. The molecule has 0 heterocycles. The van der Waals surface area contributed by atoms with Crippen molar-refractivity contribution in [1.82, 2.24) is 5.32 Å². The van der Waals surface area contributed by atoms with E-state index in [1.54, 1.807) is 19.2 Å². The molecule has 1 rings (SSSR count). The van der Waals surface area contributed by atoms with E-state index >= 15 is 0 Å². The van der Waals surface area contributed by atoms with E-state index in [2.05, 4.69) is 5.32 Å². The summed E-state index contributed by atoms with van der Waals surface area (Å²) < 4.78 is 0.